The van der Waals surface area contributed by atoms with Crippen LogP contribution in [0.15, 0.2) is 83.5 Å². The molecule has 4 aromatic heterocycles. The van der Waals surface area contributed by atoms with E-state index in [2.05, 4.69) is 58.9 Å². The normalized spacial score (nSPS) is 13.0. The molecule has 4 nitrogen and oxygen atoms in total. The van der Waals surface area contributed by atoms with Crippen molar-refractivity contribution in [2.75, 3.05) is 0 Å². The van der Waals surface area contributed by atoms with Gasteiger partial charge >= 0.3 is 0 Å². The Hall–Kier alpha value is -3.51. The Balaban J connectivity index is 0.000000240. The van der Waals surface area contributed by atoms with Crippen LogP contribution in [0, 0.1) is 30.2 Å². The minimum absolute atomic E-state index is 0. The number of pyridine rings is 3. The maximum atomic E-state index is 14.3. The molecule has 0 saturated heterocycles. The van der Waals surface area contributed by atoms with Crippen molar-refractivity contribution in [3.8, 4) is 22.5 Å². The molecule has 0 amide bonds. The van der Waals surface area contributed by atoms with E-state index >= 15 is 0 Å². The minimum Gasteiger partial charge on any atom is -0.486 e. The van der Waals surface area contributed by atoms with E-state index in [1.807, 2.05) is 57.3 Å². The van der Waals surface area contributed by atoms with Crippen molar-refractivity contribution in [1.82, 2.24) is 15.0 Å². The Kier molecular flexibility index (Phi) is 8.55. The molecule has 0 aliphatic heterocycles. The van der Waals surface area contributed by atoms with Gasteiger partial charge in [0, 0.05) is 41.5 Å². The molecule has 0 aliphatic rings. The van der Waals surface area contributed by atoms with E-state index in [1.54, 1.807) is 18.2 Å². The Bertz CT molecular complexity index is 1950. The summed E-state index contributed by atoms with van der Waals surface area (Å²) >= 11 is 0. The van der Waals surface area contributed by atoms with Crippen LogP contribution in [0.2, 0.25) is 19.6 Å². The van der Waals surface area contributed by atoms with Crippen molar-refractivity contribution in [3.05, 3.63) is 108 Å². The zero-order valence-electron chi connectivity index (χ0n) is 28.2. The molecule has 0 atom stereocenters. The van der Waals surface area contributed by atoms with Gasteiger partial charge in [-0.25, -0.2) is 9.37 Å². The van der Waals surface area contributed by atoms with Gasteiger partial charge in [-0.1, -0.05) is 69.6 Å². The summed E-state index contributed by atoms with van der Waals surface area (Å²) in [6, 6.07) is 27.0. The van der Waals surface area contributed by atoms with Crippen LogP contribution in [-0.4, -0.2) is 23.0 Å². The summed E-state index contributed by atoms with van der Waals surface area (Å²) in [5, 5.41) is 2.88. The van der Waals surface area contributed by atoms with Gasteiger partial charge in [0.15, 0.2) is 0 Å². The number of halogens is 1. The second-order valence-electron chi connectivity index (χ2n) is 12.6. The maximum Gasteiger partial charge on any atom is 0.216 e. The van der Waals surface area contributed by atoms with Gasteiger partial charge in [-0.3, -0.25) is 0 Å². The molecule has 4 heterocycles. The van der Waals surface area contributed by atoms with Crippen molar-refractivity contribution in [2.45, 2.75) is 53.7 Å². The van der Waals surface area contributed by atoms with Crippen molar-refractivity contribution in [3.63, 3.8) is 0 Å². The van der Waals surface area contributed by atoms with Gasteiger partial charge in [0.25, 0.3) is 0 Å². The number of hydrogen-bond acceptors (Lipinski definition) is 4. The molecule has 0 saturated carbocycles. The van der Waals surface area contributed by atoms with E-state index < -0.39 is 14.9 Å². The zero-order chi connectivity index (χ0) is 32.6. The van der Waals surface area contributed by atoms with Crippen molar-refractivity contribution in [2.24, 2.45) is 5.41 Å². The van der Waals surface area contributed by atoms with Crippen LogP contribution in [-0.2, 0) is 26.5 Å². The second-order valence-corrected chi connectivity index (χ2v) is 17.7. The third-order valence-electron chi connectivity index (χ3n) is 6.82. The Morgan fingerprint density at radius 3 is 2.35 bits per heavy atom. The molecular weight excluding hydrogens is 730 g/mol. The van der Waals surface area contributed by atoms with E-state index in [9.17, 15) is 4.39 Å². The van der Waals surface area contributed by atoms with Gasteiger partial charge < -0.3 is 14.4 Å². The fourth-order valence-corrected chi connectivity index (χ4v) is 5.72. The second kappa shape index (κ2) is 13.0. The van der Waals surface area contributed by atoms with Crippen LogP contribution in [0.5, 0.6) is 0 Å². The molecule has 0 unspecified atom stereocenters. The molecule has 6 rings (SSSR count). The van der Waals surface area contributed by atoms with E-state index in [0.717, 1.165) is 16.6 Å². The first-order chi connectivity index (χ1) is 21.1. The molecule has 223 valence electrons. The topological polar surface area (TPSA) is 51.8 Å². The van der Waals surface area contributed by atoms with Gasteiger partial charge in [-0.15, -0.1) is 54.1 Å². The molecular formula is C36H36FIrN3OSi-2. The van der Waals surface area contributed by atoms with E-state index in [-0.39, 0.29) is 42.7 Å². The summed E-state index contributed by atoms with van der Waals surface area (Å²) in [6.45, 7) is 10.8. The fraction of sp³-hybridized carbons (Fsp3) is 0.250. The molecule has 2 aromatic carbocycles. The molecule has 0 N–H and O–H groups in total. The zero-order valence-corrected chi connectivity index (χ0v) is 28.6. The van der Waals surface area contributed by atoms with Gasteiger partial charge in [0.05, 0.1) is 19.9 Å². The monoisotopic (exact) mass is 769 g/mol. The van der Waals surface area contributed by atoms with Crippen molar-refractivity contribution in [1.29, 1.82) is 0 Å². The van der Waals surface area contributed by atoms with Crippen molar-refractivity contribution >= 4 is 35.3 Å². The molecule has 0 bridgehead atoms. The summed E-state index contributed by atoms with van der Waals surface area (Å²) in [6.07, 6.45) is 3.80. The van der Waals surface area contributed by atoms with Crippen LogP contribution in [0.3, 0.4) is 0 Å². The first-order valence-electron chi connectivity index (χ1n) is 15.4. The van der Waals surface area contributed by atoms with Crippen LogP contribution in [0.1, 0.15) is 36.1 Å². The molecule has 0 spiro atoms. The minimum atomic E-state index is -2.32. The van der Waals surface area contributed by atoms with Gasteiger partial charge in [0.2, 0.25) is 5.71 Å². The van der Waals surface area contributed by atoms with E-state index in [4.69, 9.17) is 8.53 Å². The molecule has 7 heteroatoms. The number of aromatic nitrogens is 3. The summed E-state index contributed by atoms with van der Waals surface area (Å²) in [5.41, 5.74) is 4.41. The Morgan fingerprint density at radius 1 is 0.907 bits per heavy atom. The number of aryl methyl sites for hydroxylation is 1. The Labute approximate surface area is 272 Å². The van der Waals surface area contributed by atoms with E-state index in [1.165, 1.54) is 17.4 Å². The van der Waals surface area contributed by atoms with Crippen LogP contribution >= 0.6 is 0 Å². The summed E-state index contributed by atoms with van der Waals surface area (Å²) in [7, 11) is -1.23. The van der Waals surface area contributed by atoms with Crippen LogP contribution in [0.4, 0.5) is 4.39 Å². The smallest absolute Gasteiger partial charge is 0.216 e. The predicted molar refractivity (Wildman–Crippen MR) is 173 cm³/mol. The SMILES string of the molecule is C[Si](C)(C)c1ccc(-c2[c-]cccc2)nc1.[2H]C([2H])([2H])c1ccc2c(n1)oc1c(-c3cc(CC(C)(C)C)c(F)cn3)[c-]ccc12.[Ir]. The van der Waals surface area contributed by atoms with Crippen LogP contribution in [0.25, 0.3) is 44.6 Å². The van der Waals surface area contributed by atoms with Gasteiger partial charge in [0.1, 0.15) is 5.82 Å². The average Bonchev–Trinajstić information content (AvgIpc) is 3.36. The number of fused-ring (bicyclic) bond motifs is 3. The fourth-order valence-electron chi connectivity index (χ4n) is 4.69. The summed E-state index contributed by atoms with van der Waals surface area (Å²) in [4.78, 5) is 12.9. The first-order valence-corrected chi connectivity index (χ1v) is 17.4. The molecule has 1 radical (unpaired) electrons. The molecule has 43 heavy (non-hydrogen) atoms. The van der Waals surface area contributed by atoms with Gasteiger partial charge in [-0.05, 0) is 53.0 Å². The largest absolute Gasteiger partial charge is 0.486 e. The number of furan rings is 1. The number of hydrogen-bond donors (Lipinski definition) is 0. The molecule has 6 aromatic rings. The predicted octanol–water partition coefficient (Wildman–Crippen LogP) is 8.97. The molecule has 0 aliphatic carbocycles. The van der Waals surface area contributed by atoms with Crippen LogP contribution < -0.4 is 5.19 Å². The molecule has 0 fully saturated rings. The Morgan fingerprint density at radius 2 is 1.70 bits per heavy atom. The third-order valence-corrected chi connectivity index (χ3v) is 8.85. The van der Waals surface area contributed by atoms with E-state index in [0.29, 0.717) is 34.2 Å². The number of benzene rings is 2. The summed E-state index contributed by atoms with van der Waals surface area (Å²) < 4.78 is 42.9. The quantitative estimate of drug-likeness (QED) is 0.133. The average molecular weight is 769 g/mol. The standard InChI is InChI=1S/C22H20FN2O.C14H16NSi.Ir/c1-13-8-9-16-15-6-5-7-17(20(15)26-21(16)25-13)19-10-14(11-22(2,3)4)18(23)12-24-19;1-16(2,3)13-9-10-14(15-11-13)12-7-5-4-6-8-12;/h5-6,8-10,12H,11H2,1-4H3;4-7,9-11H,1-3H3;/q2*-1;/i1D3;;. The number of rotatable bonds is 4. The third kappa shape index (κ3) is 7.72. The van der Waals surface area contributed by atoms with Crippen molar-refractivity contribution < 1.29 is 33.0 Å². The first kappa shape index (κ1) is 28.3. The number of nitrogens with zero attached hydrogens (tertiary/aromatic N) is 3. The van der Waals surface area contributed by atoms with Gasteiger partial charge in [-0.2, -0.15) is 0 Å². The summed E-state index contributed by atoms with van der Waals surface area (Å²) in [5.74, 6) is -0.343. The maximum absolute atomic E-state index is 14.3.